The molecule has 0 aliphatic carbocycles. The lowest BCUT2D eigenvalue weighted by Crippen LogP contribution is -2.45. The first-order valence-electron chi connectivity index (χ1n) is 7.02. The van der Waals surface area contributed by atoms with Crippen molar-refractivity contribution >= 4 is 0 Å². The Kier molecular flexibility index (Phi) is 5.79. The molecule has 0 spiro atoms. The summed E-state index contributed by atoms with van der Waals surface area (Å²) < 4.78 is 5.46. The molecule has 0 radical (unpaired) electrons. The van der Waals surface area contributed by atoms with Crippen molar-refractivity contribution in [1.29, 1.82) is 0 Å². The molecule has 1 aliphatic heterocycles. The van der Waals surface area contributed by atoms with Crippen LogP contribution in [0.2, 0.25) is 0 Å². The third kappa shape index (κ3) is 4.58. The van der Waals surface area contributed by atoms with E-state index in [1.165, 1.54) is 0 Å². The Labute approximate surface area is 115 Å². The topological polar surface area (TPSA) is 53.5 Å². The van der Waals surface area contributed by atoms with Gasteiger partial charge >= 0.3 is 0 Å². The summed E-state index contributed by atoms with van der Waals surface area (Å²) in [6, 6.07) is 10.8. The van der Waals surface area contributed by atoms with Crippen molar-refractivity contribution in [2.45, 2.75) is 31.5 Å². The zero-order valence-electron chi connectivity index (χ0n) is 11.5. The van der Waals surface area contributed by atoms with E-state index in [-0.39, 0.29) is 12.6 Å². The maximum absolute atomic E-state index is 9.53. The molecule has 106 valence electrons. The molecule has 1 heterocycles. The monoisotopic (exact) mass is 264 g/mol. The van der Waals surface area contributed by atoms with Crippen molar-refractivity contribution in [3.05, 3.63) is 35.9 Å². The first-order valence-corrected chi connectivity index (χ1v) is 7.02. The molecule has 2 unspecified atom stereocenters. The van der Waals surface area contributed by atoms with Crippen LogP contribution in [0.1, 0.15) is 24.9 Å². The van der Waals surface area contributed by atoms with Gasteiger partial charge in [0.1, 0.15) is 0 Å². The number of benzene rings is 1. The average Bonchev–Trinajstić information content (AvgIpc) is 2.47. The van der Waals surface area contributed by atoms with Crippen LogP contribution in [0.5, 0.6) is 0 Å². The summed E-state index contributed by atoms with van der Waals surface area (Å²) in [6.07, 6.45) is 1.00. The highest BCUT2D eigenvalue weighted by Gasteiger charge is 2.19. The van der Waals surface area contributed by atoms with E-state index in [1.54, 1.807) is 0 Å². The standard InChI is InChI=1S/C15H24N2O2/c1-12(9-14-11-19-8-7-16-14)17-15(10-18)13-5-3-2-4-6-13/h2-6,12,14-18H,7-11H2,1H3/t12?,14?,15-/m0/s1. The Morgan fingerprint density at radius 2 is 2.21 bits per heavy atom. The van der Waals surface area contributed by atoms with Crippen LogP contribution >= 0.6 is 0 Å². The molecule has 1 aliphatic rings. The van der Waals surface area contributed by atoms with E-state index in [1.807, 2.05) is 30.3 Å². The Balaban J connectivity index is 1.84. The normalized spacial score (nSPS) is 22.9. The molecule has 1 fully saturated rings. The molecule has 1 saturated heterocycles. The molecule has 0 saturated carbocycles. The van der Waals surface area contributed by atoms with Crippen LogP contribution in [0.15, 0.2) is 30.3 Å². The smallest absolute Gasteiger partial charge is 0.0626 e. The highest BCUT2D eigenvalue weighted by molar-refractivity contribution is 5.19. The van der Waals surface area contributed by atoms with Crippen molar-refractivity contribution in [2.24, 2.45) is 0 Å². The number of aliphatic hydroxyl groups excluding tert-OH is 1. The van der Waals surface area contributed by atoms with Crippen molar-refractivity contribution in [3.63, 3.8) is 0 Å². The summed E-state index contributed by atoms with van der Waals surface area (Å²) in [4.78, 5) is 0. The molecule has 4 nitrogen and oxygen atoms in total. The van der Waals surface area contributed by atoms with Crippen LogP contribution in [0.3, 0.4) is 0 Å². The van der Waals surface area contributed by atoms with E-state index in [9.17, 15) is 5.11 Å². The highest BCUT2D eigenvalue weighted by Crippen LogP contribution is 2.14. The molecule has 0 aromatic heterocycles. The second-order valence-corrected chi connectivity index (χ2v) is 5.18. The molecular weight excluding hydrogens is 240 g/mol. The third-order valence-electron chi connectivity index (χ3n) is 3.51. The Morgan fingerprint density at radius 1 is 1.42 bits per heavy atom. The highest BCUT2D eigenvalue weighted by atomic mass is 16.5. The van der Waals surface area contributed by atoms with Gasteiger partial charge in [-0.2, -0.15) is 0 Å². The summed E-state index contributed by atoms with van der Waals surface area (Å²) in [6.45, 7) is 4.78. The largest absolute Gasteiger partial charge is 0.394 e. The zero-order valence-corrected chi connectivity index (χ0v) is 11.5. The fourth-order valence-electron chi connectivity index (χ4n) is 2.55. The van der Waals surface area contributed by atoms with Crippen LogP contribution in [0, 0.1) is 0 Å². The summed E-state index contributed by atoms with van der Waals surface area (Å²) in [5.74, 6) is 0. The van der Waals surface area contributed by atoms with Crippen molar-refractivity contribution in [1.82, 2.24) is 10.6 Å². The Bertz CT molecular complexity index is 352. The fraction of sp³-hybridized carbons (Fsp3) is 0.600. The van der Waals surface area contributed by atoms with E-state index < -0.39 is 0 Å². The summed E-state index contributed by atoms with van der Waals surface area (Å²) in [5.41, 5.74) is 1.13. The predicted octanol–water partition coefficient (Wildman–Crippen LogP) is 1.08. The number of ether oxygens (including phenoxy) is 1. The van der Waals surface area contributed by atoms with E-state index >= 15 is 0 Å². The van der Waals surface area contributed by atoms with Crippen molar-refractivity contribution in [3.8, 4) is 0 Å². The van der Waals surface area contributed by atoms with Crippen LogP contribution in [-0.2, 0) is 4.74 Å². The van der Waals surface area contributed by atoms with Gasteiger partial charge in [0.25, 0.3) is 0 Å². The fourth-order valence-corrected chi connectivity index (χ4v) is 2.55. The molecule has 0 amide bonds. The van der Waals surface area contributed by atoms with E-state index in [0.717, 1.165) is 31.7 Å². The number of nitrogens with one attached hydrogen (secondary N) is 2. The molecule has 3 N–H and O–H groups in total. The molecule has 3 atom stereocenters. The predicted molar refractivity (Wildman–Crippen MR) is 76.1 cm³/mol. The van der Waals surface area contributed by atoms with Crippen molar-refractivity contribution in [2.75, 3.05) is 26.4 Å². The minimum Gasteiger partial charge on any atom is -0.394 e. The lowest BCUT2D eigenvalue weighted by molar-refractivity contribution is 0.0702. The van der Waals surface area contributed by atoms with Gasteiger partial charge in [-0.3, -0.25) is 0 Å². The second-order valence-electron chi connectivity index (χ2n) is 5.18. The van der Waals surface area contributed by atoms with Gasteiger partial charge in [0.05, 0.1) is 25.9 Å². The number of aliphatic hydroxyl groups is 1. The number of rotatable bonds is 6. The summed E-state index contributed by atoms with van der Waals surface area (Å²) >= 11 is 0. The van der Waals surface area contributed by atoms with E-state index in [4.69, 9.17) is 4.74 Å². The van der Waals surface area contributed by atoms with Gasteiger partial charge in [-0.15, -0.1) is 0 Å². The van der Waals surface area contributed by atoms with Gasteiger partial charge in [-0.1, -0.05) is 30.3 Å². The second kappa shape index (κ2) is 7.60. The maximum atomic E-state index is 9.53. The molecule has 4 heteroatoms. The Hall–Kier alpha value is -0.940. The van der Waals surface area contributed by atoms with Gasteiger partial charge < -0.3 is 20.5 Å². The Morgan fingerprint density at radius 3 is 2.84 bits per heavy atom. The number of morpholine rings is 1. The van der Waals surface area contributed by atoms with Gasteiger partial charge in [-0.25, -0.2) is 0 Å². The van der Waals surface area contributed by atoms with Gasteiger partial charge in [0.15, 0.2) is 0 Å². The zero-order chi connectivity index (χ0) is 13.5. The summed E-state index contributed by atoms with van der Waals surface area (Å²) in [5, 5.41) is 16.5. The average molecular weight is 264 g/mol. The van der Waals surface area contributed by atoms with Gasteiger partial charge in [-0.05, 0) is 18.9 Å². The van der Waals surface area contributed by atoms with Gasteiger partial charge in [0.2, 0.25) is 0 Å². The van der Waals surface area contributed by atoms with Crippen LogP contribution in [0.4, 0.5) is 0 Å². The number of hydrogen-bond acceptors (Lipinski definition) is 4. The van der Waals surface area contributed by atoms with Gasteiger partial charge in [0, 0.05) is 18.6 Å². The molecular formula is C15H24N2O2. The quantitative estimate of drug-likeness (QED) is 0.719. The summed E-state index contributed by atoms with van der Waals surface area (Å²) in [7, 11) is 0. The lowest BCUT2D eigenvalue weighted by atomic mass is 10.0. The van der Waals surface area contributed by atoms with Crippen molar-refractivity contribution < 1.29 is 9.84 Å². The minimum absolute atomic E-state index is 0.000656. The third-order valence-corrected chi connectivity index (χ3v) is 3.51. The molecule has 0 bridgehead atoms. The molecule has 19 heavy (non-hydrogen) atoms. The first kappa shape index (κ1) is 14.5. The molecule has 2 rings (SSSR count). The minimum atomic E-state index is 0.000656. The molecule has 1 aromatic carbocycles. The van der Waals surface area contributed by atoms with Crippen LogP contribution in [-0.4, -0.2) is 43.6 Å². The number of hydrogen-bond donors (Lipinski definition) is 3. The van der Waals surface area contributed by atoms with E-state index in [2.05, 4.69) is 17.6 Å². The molecule has 1 aromatic rings. The van der Waals surface area contributed by atoms with Crippen LogP contribution < -0.4 is 10.6 Å². The maximum Gasteiger partial charge on any atom is 0.0626 e. The SMILES string of the molecule is CC(CC1COCCN1)N[C@@H](CO)c1ccccc1. The first-order chi connectivity index (χ1) is 9.29. The van der Waals surface area contributed by atoms with E-state index in [0.29, 0.717) is 12.1 Å². The lowest BCUT2D eigenvalue weighted by Gasteiger charge is -2.29. The van der Waals surface area contributed by atoms with Crippen LogP contribution in [0.25, 0.3) is 0 Å².